The van der Waals surface area contributed by atoms with Gasteiger partial charge in [-0.05, 0) is 11.6 Å². The molecule has 1 aromatic heterocycles. The quantitative estimate of drug-likeness (QED) is 0.769. The molecular weight excluding hydrogens is 254 g/mol. The first-order valence-electron chi connectivity index (χ1n) is 6.71. The van der Waals surface area contributed by atoms with Gasteiger partial charge in [-0.2, -0.15) is 0 Å². The predicted octanol–water partition coefficient (Wildman–Crippen LogP) is 1.35. The molecule has 0 spiro atoms. The molecule has 0 aliphatic carbocycles. The van der Waals surface area contributed by atoms with Crippen molar-refractivity contribution in [3.63, 3.8) is 0 Å². The number of likely N-dealkylation sites (N-methyl/N-ethyl adjacent to an activating group) is 1. The van der Waals surface area contributed by atoms with Gasteiger partial charge in [0, 0.05) is 37.0 Å². The number of nitrogens with one attached hydrogen (secondary N) is 3. The Morgan fingerprint density at radius 2 is 2.05 bits per heavy atom. The number of benzene rings is 1. The van der Waals surface area contributed by atoms with Crippen molar-refractivity contribution >= 4 is 22.7 Å². The number of rotatable bonds is 5. The lowest BCUT2D eigenvalue weighted by Gasteiger charge is -2.16. The summed E-state index contributed by atoms with van der Waals surface area (Å²) in [4.78, 5) is 26.6. The van der Waals surface area contributed by atoms with E-state index in [-0.39, 0.29) is 11.8 Å². The number of H-pyrrole nitrogens is 1. The van der Waals surface area contributed by atoms with Crippen molar-refractivity contribution in [2.24, 2.45) is 0 Å². The lowest BCUT2D eigenvalue weighted by atomic mass is 10.0. The minimum Gasteiger partial charge on any atom is -0.361 e. The fourth-order valence-electron chi connectivity index (χ4n) is 2.20. The molecule has 2 amide bonds. The second-order valence-corrected chi connectivity index (χ2v) is 4.65. The third kappa shape index (κ3) is 2.99. The molecule has 0 saturated heterocycles. The van der Waals surface area contributed by atoms with Gasteiger partial charge >= 0.3 is 0 Å². The summed E-state index contributed by atoms with van der Waals surface area (Å²) < 4.78 is 0. The topological polar surface area (TPSA) is 74.0 Å². The summed E-state index contributed by atoms with van der Waals surface area (Å²) in [5, 5.41) is 6.42. The Hall–Kier alpha value is -2.30. The van der Waals surface area contributed by atoms with Gasteiger partial charge in [0.25, 0.3) is 0 Å². The Morgan fingerprint density at radius 3 is 2.75 bits per heavy atom. The molecule has 0 bridgehead atoms. The van der Waals surface area contributed by atoms with Crippen molar-refractivity contribution in [1.29, 1.82) is 0 Å². The summed E-state index contributed by atoms with van der Waals surface area (Å²) in [5.74, 6) is -0.310. The number of fused-ring (bicyclic) bond motifs is 1. The monoisotopic (exact) mass is 273 g/mol. The van der Waals surface area contributed by atoms with Gasteiger partial charge < -0.3 is 15.6 Å². The summed E-state index contributed by atoms with van der Waals surface area (Å²) in [6, 6.07) is 7.35. The molecule has 0 fully saturated rings. The normalized spacial score (nSPS) is 12.1. The molecule has 0 aliphatic heterocycles. The molecule has 3 N–H and O–H groups in total. The number of hydrogen-bond acceptors (Lipinski definition) is 2. The lowest BCUT2D eigenvalue weighted by molar-refractivity contribution is -0.128. The van der Waals surface area contributed by atoms with Crippen LogP contribution in [0.3, 0.4) is 0 Å². The second-order valence-electron chi connectivity index (χ2n) is 4.65. The number of aromatic amines is 1. The van der Waals surface area contributed by atoms with E-state index in [0.29, 0.717) is 12.8 Å². The maximum atomic E-state index is 11.9. The maximum Gasteiger partial charge on any atom is 0.242 e. The van der Waals surface area contributed by atoms with Crippen molar-refractivity contribution in [3.8, 4) is 0 Å². The first kappa shape index (κ1) is 14.1. The van der Waals surface area contributed by atoms with E-state index in [0.717, 1.165) is 16.5 Å². The van der Waals surface area contributed by atoms with Crippen LogP contribution in [0, 0.1) is 0 Å². The lowest BCUT2D eigenvalue weighted by Crippen LogP contribution is -2.46. The maximum absolute atomic E-state index is 11.9. The first-order valence-corrected chi connectivity index (χ1v) is 6.71. The standard InChI is InChI=1S/C15H19N3O2/c1-3-14(19)18-13(15(20)16-2)8-10-9-17-12-7-5-4-6-11(10)12/h4-7,9,13,17H,3,8H2,1-2H3,(H,16,20)(H,18,19). The van der Waals surface area contributed by atoms with Crippen LogP contribution in [0.2, 0.25) is 0 Å². The van der Waals surface area contributed by atoms with Crippen molar-refractivity contribution in [2.45, 2.75) is 25.8 Å². The number of para-hydroxylation sites is 1. The number of carbonyl (C=O) groups excluding carboxylic acids is 2. The number of hydrogen-bond donors (Lipinski definition) is 3. The Bertz CT molecular complexity index is 618. The fourth-order valence-corrected chi connectivity index (χ4v) is 2.20. The van der Waals surface area contributed by atoms with Crippen LogP contribution >= 0.6 is 0 Å². The zero-order valence-electron chi connectivity index (χ0n) is 11.7. The van der Waals surface area contributed by atoms with Crippen molar-refractivity contribution < 1.29 is 9.59 Å². The second kappa shape index (κ2) is 6.23. The fraction of sp³-hybridized carbons (Fsp3) is 0.333. The summed E-state index contributed by atoms with van der Waals surface area (Å²) in [6.45, 7) is 1.77. The highest BCUT2D eigenvalue weighted by Gasteiger charge is 2.20. The van der Waals surface area contributed by atoms with Crippen LogP contribution in [-0.2, 0) is 16.0 Å². The summed E-state index contributed by atoms with van der Waals surface area (Å²) in [6.07, 6.45) is 2.72. The molecule has 5 heteroatoms. The van der Waals surface area contributed by atoms with E-state index in [1.807, 2.05) is 30.5 Å². The van der Waals surface area contributed by atoms with Crippen molar-refractivity contribution in [2.75, 3.05) is 7.05 Å². The molecule has 1 aromatic carbocycles. The van der Waals surface area contributed by atoms with Crippen LogP contribution in [0.15, 0.2) is 30.5 Å². The van der Waals surface area contributed by atoms with Gasteiger partial charge in [0.2, 0.25) is 11.8 Å². The molecule has 1 heterocycles. The third-order valence-electron chi connectivity index (χ3n) is 3.32. The molecule has 2 rings (SSSR count). The number of carbonyl (C=O) groups is 2. The number of aromatic nitrogens is 1. The zero-order chi connectivity index (χ0) is 14.5. The smallest absolute Gasteiger partial charge is 0.242 e. The Morgan fingerprint density at radius 1 is 1.30 bits per heavy atom. The van der Waals surface area contributed by atoms with E-state index in [1.165, 1.54) is 0 Å². The summed E-state index contributed by atoms with van der Waals surface area (Å²) in [7, 11) is 1.57. The van der Waals surface area contributed by atoms with E-state index < -0.39 is 6.04 Å². The van der Waals surface area contributed by atoms with Gasteiger partial charge in [0.15, 0.2) is 0 Å². The van der Waals surface area contributed by atoms with Crippen LogP contribution in [-0.4, -0.2) is 29.9 Å². The van der Waals surface area contributed by atoms with Gasteiger partial charge in [0.1, 0.15) is 6.04 Å². The van der Waals surface area contributed by atoms with Crippen molar-refractivity contribution in [1.82, 2.24) is 15.6 Å². The molecule has 20 heavy (non-hydrogen) atoms. The summed E-state index contributed by atoms with van der Waals surface area (Å²) >= 11 is 0. The Labute approximate surface area is 117 Å². The van der Waals surface area contributed by atoms with Gasteiger partial charge in [-0.15, -0.1) is 0 Å². The SMILES string of the molecule is CCC(=O)NC(Cc1c[nH]c2ccccc12)C(=O)NC. The Kier molecular flexibility index (Phi) is 4.40. The van der Waals surface area contributed by atoms with Crippen LogP contribution < -0.4 is 10.6 Å². The largest absolute Gasteiger partial charge is 0.361 e. The first-order chi connectivity index (χ1) is 9.65. The average Bonchev–Trinajstić information content (AvgIpc) is 2.89. The molecule has 0 radical (unpaired) electrons. The minimum absolute atomic E-state index is 0.126. The van der Waals surface area contributed by atoms with Gasteiger partial charge in [-0.1, -0.05) is 25.1 Å². The molecule has 0 saturated carbocycles. The van der Waals surface area contributed by atoms with Crippen molar-refractivity contribution in [3.05, 3.63) is 36.0 Å². The summed E-state index contributed by atoms with van der Waals surface area (Å²) in [5.41, 5.74) is 2.05. The molecule has 1 unspecified atom stereocenters. The van der Waals surface area contributed by atoms with Crippen LogP contribution in [0.25, 0.3) is 10.9 Å². The van der Waals surface area contributed by atoms with Crippen LogP contribution in [0.5, 0.6) is 0 Å². The van der Waals surface area contributed by atoms with E-state index in [2.05, 4.69) is 15.6 Å². The highest BCUT2D eigenvalue weighted by Crippen LogP contribution is 2.19. The average molecular weight is 273 g/mol. The van der Waals surface area contributed by atoms with E-state index in [4.69, 9.17) is 0 Å². The van der Waals surface area contributed by atoms with E-state index in [1.54, 1.807) is 14.0 Å². The minimum atomic E-state index is -0.549. The molecule has 5 nitrogen and oxygen atoms in total. The molecular formula is C15H19N3O2. The van der Waals surface area contributed by atoms with Gasteiger partial charge in [0.05, 0.1) is 0 Å². The van der Waals surface area contributed by atoms with E-state index >= 15 is 0 Å². The Balaban J connectivity index is 2.22. The molecule has 0 aliphatic rings. The highest BCUT2D eigenvalue weighted by atomic mass is 16.2. The molecule has 2 aromatic rings. The highest BCUT2D eigenvalue weighted by molar-refractivity contribution is 5.89. The van der Waals surface area contributed by atoms with Crippen LogP contribution in [0.1, 0.15) is 18.9 Å². The predicted molar refractivity (Wildman–Crippen MR) is 78.3 cm³/mol. The third-order valence-corrected chi connectivity index (χ3v) is 3.32. The number of amides is 2. The molecule has 106 valence electrons. The van der Waals surface area contributed by atoms with Gasteiger partial charge in [-0.25, -0.2) is 0 Å². The zero-order valence-corrected chi connectivity index (χ0v) is 11.7. The van der Waals surface area contributed by atoms with Gasteiger partial charge in [-0.3, -0.25) is 9.59 Å². The molecule has 1 atom stereocenters. The van der Waals surface area contributed by atoms with Crippen LogP contribution in [0.4, 0.5) is 0 Å². The van der Waals surface area contributed by atoms with E-state index in [9.17, 15) is 9.59 Å².